The number of rotatable bonds is 6. The Bertz CT molecular complexity index is 854. The van der Waals surface area contributed by atoms with E-state index in [2.05, 4.69) is 26.1 Å². The summed E-state index contributed by atoms with van der Waals surface area (Å²) < 4.78 is 22.6. The first-order valence-electron chi connectivity index (χ1n) is 7.21. The van der Waals surface area contributed by atoms with E-state index < -0.39 is 0 Å². The summed E-state index contributed by atoms with van der Waals surface area (Å²) in [4.78, 5) is 0. The minimum absolute atomic E-state index is 0.133. The van der Waals surface area contributed by atoms with E-state index in [1.807, 2.05) is 37.3 Å². The zero-order chi connectivity index (χ0) is 16.9. The van der Waals surface area contributed by atoms with E-state index in [1.54, 1.807) is 19.2 Å². The van der Waals surface area contributed by atoms with Crippen molar-refractivity contribution in [3.63, 3.8) is 0 Å². The highest BCUT2D eigenvalue weighted by Crippen LogP contribution is 2.30. The first-order valence-corrected chi connectivity index (χ1v) is 8.00. The minimum atomic E-state index is 0.133. The fraction of sp³-hybridized carbons (Fsp3) is 0.176. The molecule has 0 aliphatic carbocycles. The van der Waals surface area contributed by atoms with Crippen molar-refractivity contribution in [1.82, 2.24) is 10.2 Å². The largest absolute Gasteiger partial charge is 0.493 e. The smallest absolute Gasteiger partial charge is 0.283 e. The number of hydrogen-bond acceptors (Lipinski definition) is 6. The molecule has 0 saturated heterocycles. The quantitative estimate of drug-likeness (QED) is 0.606. The Morgan fingerprint density at radius 3 is 2.71 bits per heavy atom. The maximum atomic E-state index is 5.72. The molecule has 2 heterocycles. The van der Waals surface area contributed by atoms with Crippen LogP contribution in [0.3, 0.4) is 0 Å². The lowest BCUT2D eigenvalue weighted by Gasteiger charge is -2.09. The number of benzene rings is 1. The molecule has 0 N–H and O–H groups in total. The molecule has 6 nitrogen and oxygen atoms in total. The van der Waals surface area contributed by atoms with E-state index >= 15 is 0 Å². The number of hydrogen-bond donors (Lipinski definition) is 0. The van der Waals surface area contributed by atoms with Crippen LogP contribution in [0.15, 0.2) is 49.9 Å². The predicted molar refractivity (Wildman–Crippen MR) is 91.7 cm³/mol. The molecule has 0 radical (unpaired) electrons. The summed E-state index contributed by atoms with van der Waals surface area (Å²) in [7, 11) is 1.60. The molecule has 0 bridgehead atoms. The predicted octanol–water partition coefficient (Wildman–Crippen LogP) is 4.71. The lowest BCUT2D eigenvalue weighted by Crippen LogP contribution is -1.98. The molecule has 0 fully saturated rings. The van der Waals surface area contributed by atoms with Crippen LogP contribution in [0, 0.1) is 0 Å². The Balaban J connectivity index is 1.71. The zero-order valence-electron chi connectivity index (χ0n) is 13.2. The van der Waals surface area contributed by atoms with Gasteiger partial charge in [-0.25, -0.2) is 0 Å². The van der Waals surface area contributed by atoms with Gasteiger partial charge in [-0.05, 0) is 52.7 Å². The molecule has 3 rings (SSSR count). The highest BCUT2D eigenvalue weighted by atomic mass is 79.9. The summed E-state index contributed by atoms with van der Waals surface area (Å²) in [6.45, 7) is 2.09. The van der Waals surface area contributed by atoms with Gasteiger partial charge in [0.25, 0.3) is 11.8 Å². The Morgan fingerprint density at radius 2 is 2.00 bits per heavy atom. The first-order chi connectivity index (χ1) is 11.7. The van der Waals surface area contributed by atoms with Crippen molar-refractivity contribution in [2.24, 2.45) is 0 Å². The Labute approximate surface area is 147 Å². The van der Waals surface area contributed by atoms with Crippen LogP contribution in [0.25, 0.3) is 17.7 Å². The average Bonchev–Trinajstić information content (AvgIpc) is 3.22. The van der Waals surface area contributed by atoms with Crippen molar-refractivity contribution in [3.05, 3.63) is 52.5 Å². The third-order valence-corrected chi connectivity index (χ3v) is 3.57. The van der Waals surface area contributed by atoms with Crippen molar-refractivity contribution < 1.29 is 18.3 Å². The number of furan rings is 1. The summed E-state index contributed by atoms with van der Waals surface area (Å²) in [5.74, 6) is 2.38. The highest BCUT2D eigenvalue weighted by molar-refractivity contribution is 9.10. The Kier molecular flexibility index (Phi) is 5.00. The topological polar surface area (TPSA) is 70.5 Å². The van der Waals surface area contributed by atoms with Gasteiger partial charge in [-0.15, -0.1) is 10.2 Å². The molecule has 1 aromatic carbocycles. The second kappa shape index (κ2) is 7.35. The number of halogens is 1. The van der Waals surface area contributed by atoms with Gasteiger partial charge in [0.1, 0.15) is 0 Å². The SMILES string of the molecule is CC=Cc1ccc(OCc2nnc(-c3ccc(Br)o3)o2)c(OC)c1. The average molecular weight is 391 g/mol. The van der Waals surface area contributed by atoms with Crippen LogP contribution < -0.4 is 9.47 Å². The Morgan fingerprint density at radius 1 is 1.12 bits per heavy atom. The summed E-state index contributed by atoms with van der Waals surface area (Å²) in [5, 5.41) is 7.89. The molecule has 3 aromatic rings. The number of ether oxygens (including phenoxy) is 2. The number of allylic oxidation sites excluding steroid dienone is 1. The van der Waals surface area contributed by atoms with Crippen LogP contribution in [0.2, 0.25) is 0 Å². The molecule has 0 aliphatic heterocycles. The first kappa shape index (κ1) is 16.3. The molecule has 0 amide bonds. The van der Waals surface area contributed by atoms with E-state index in [1.165, 1.54) is 0 Å². The Hall–Kier alpha value is -2.54. The summed E-state index contributed by atoms with van der Waals surface area (Å²) in [6, 6.07) is 9.18. The van der Waals surface area contributed by atoms with Crippen molar-refractivity contribution in [3.8, 4) is 23.1 Å². The minimum Gasteiger partial charge on any atom is -0.493 e. The number of aromatic nitrogens is 2. The van der Waals surface area contributed by atoms with E-state index in [0.717, 1.165) is 5.56 Å². The normalized spacial score (nSPS) is 11.1. The van der Waals surface area contributed by atoms with Crippen molar-refractivity contribution in [2.75, 3.05) is 7.11 Å². The molecular weight excluding hydrogens is 376 g/mol. The van der Waals surface area contributed by atoms with Gasteiger partial charge < -0.3 is 18.3 Å². The molecule has 0 unspecified atom stereocenters. The zero-order valence-corrected chi connectivity index (χ0v) is 14.7. The molecule has 0 aliphatic rings. The fourth-order valence-electron chi connectivity index (χ4n) is 2.08. The third kappa shape index (κ3) is 3.68. The van der Waals surface area contributed by atoms with Crippen molar-refractivity contribution >= 4 is 22.0 Å². The summed E-state index contributed by atoms with van der Waals surface area (Å²) >= 11 is 3.23. The lowest BCUT2D eigenvalue weighted by atomic mass is 10.2. The van der Waals surface area contributed by atoms with Crippen LogP contribution in [0.1, 0.15) is 18.4 Å². The van der Waals surface area contributed by atoms with Gasteiger partial charge in [0, 0.05) is 0 Å². The maximum Gasteiger partial charge on any atom is 0.283 e. The van der Waals surface area contributed by atoms with Crippen LogP contribution in [-0.2, 0) is 6.61 Å². The molecule has 0 spiro atoms. The molecule has 24 heavy (non-hydrogen) atoms. The van der Waals surface area contributed by atoms with Gasteiger partial charge in [0.15, 0.2) is 28.5 Å². The van der Waals surface area contributed by atoms with Gasteiger partial charge in [-0.1, -0.05) is 18.2 Å². The van der Waals surface area contributed by atoms with Crippen molar-refractivity contribution in [2.45, 2.75) is 13.5 Å². The van der Waals surface area contributed by atoms with Gasteiger partial charge >= 0.3 is 0 Å². The van der Waals surface area contributed by atoms with E-state index in [-0.39, 0.29) is 6.61 Å². The van der Waals surface area contributed by atoms with Gasteiger partial charge in [0.05, 0.1) is 7.11 Å². The van der Waals surface area contributed by atoms with Crippen LogP contribution >= 0.6 is 15.9 Å². The number of nitrogens with zero attached hydrogens (tertiary/aromatic N) is 2. The molecular formula is C17H15BrN2O4. The standard InChI is InChI=1S/C17H15BrN2O4/c1-3-4-11-5-6-12(14(9-11)21-2)22-10-16-19-20-17(24-16)13-7-8-15(18)23-13/h3-9H,10H2,1-2H3. The monoisotopic (exact) mass is 390 g/mol. The van der Waals surface area contributed by atoms with E-state index in [4.69, 9.17) is 18.3 Å². The van der Waals surface area contributed by atoms with Gasteiger partial charge in [-0.3, -0.25) is 0 Å². The summed E-state index contributed by atoms with van der Waals surface area (Å²) in [6.07, 6.45) is 3.94. The second-order valence-electron chi connectivity index (χ2n) is 4.80. The summed E-state index contributed by atoms with van der Waals surface area (Å²) in [5.41, 5.74) is 1.03. The molecule has 0 atom stereocenters. The molecule has 124 valence electrons. The maximum absolute atomic E-state index is 5.72. The van der Waals surface area contributed by atoms with E-state index in [9.17, 15) is 0 Å². The van der Waals surface area contributed by atoms with Crippen LogP contribution in [0.4, 0.5) is 0 Å². The second-order valence-corrected chi connectivity index (χ2v) is 5.59. The molecule has 0 saturated carbocycles. The molecule has 2 aromatic heterocycles. The highest BCUT2D eigenvalue weighted by Gasteiger charge is 2.13. The van der Waals surface area contributed by atoms with Crippen molar-refractivity contribution in [1.29, 1.82) is 0 Å². The van der Waals surface area contributed by atoms with E-state index in [0.29, 0.717) is 33.7 Å². The van der Waals surface area contributed by atoms with Crippen LogP contribution in [0.5, 0.6) is 11.5 Å². The van der Waals surface area contributed by atoms with Crippen LogP contribution in [-0.4, -0.2) is 17.3 Å². The van der Waals surface area contributed by atoms with Gasteiger partial charge in [-0.2, -0.15) is 0 Å². The lowest BCUT2D eigenvalue weighted by molar-refractivity contribution is 0.250. The number of methoxy groups -OCH3 is 1. The van der Waals surface area contributed by atoms with Gasteiger partial charge in [0.2, 0.25) is 0 Å². The fourth-order valence-corrected chi connectivity index (χ4v) is 2.39. The third-order valence-electron chi connectivity index (χ3n) is 3.15. The molecule has 7 heteroatoms.